The van der Waals surface area contributed by atoms with Gasteiger partial charge in [-0.25, -0.2) is 9.78 Å². The quantitative estimate of drug-likeness (QED) is 0.368. The molecule has 4 rings (SSSR count). The van der Waals surface area contributed by atoms with E-state index in [4.69, 9.17) is 24.2 Å². The van der Waals surface area contributed by atoms with Gasteiger partial charge in [0.05, 0.1) is 19.8 Å². The van der Waals surface area contributed by atoms with Crippen molar-refractivity contribution in [2.24, 2.45) is 5.16 Å². The second-order valence-corrected chi connectivity index (χ2v) is 8.18. The van der Waals surface area contributed by atoms with Gasteiger partial charge in [0.25, 0.3) is 5.88 Å². The molecule has 1 aliphatic rings. The second-order valence-electron chi connectivity index (χ2n) is 8.18. The minimum Gasteiger partial charge on any atom is -0.497 e. The molecule has 2 heterocycles. The average molecular weight is 493 g/mol. The molecule has 36 heavy (non-hydrogen) atoms. The van der Waals surface area contributed by atoms with E-state index in [0.29, 0.717) is 43.1 Å². The monoisotopic (exact) mass is 492 g/mol. The van der Waals surface area contributed by atoms with Gasteiger partial charge in [-0.3, -0.25) is 0 Å². The molecule has 2 aromatic carbocycles. The minimum atomic E-state index is -0.912. The van der Waals surface area contributed by atoms with E-state index in [1.807, 2.05) is 48.5 Å². The summed E-state index contributed by atoms with van der Waals surface area (Å²) in [5, 5.41) is 13.6. The molecule has 0 atom stereocenters. The fourth-order valence-electron chi connectivity index (χ4n) is 3.81. The molecule has 0 radical (unpaired) electrons. The molecule has 0 saturated carbocycles. The van der Waals surface area contributed by atoms with Gasteiger partial charge in [0.1, 0.15) is 29.6 Å². The summed E-state index contributed by atoms with van der Waals surface area (Å²) in [6.45, 7) is 2.64. The first-order valence-corrected chi connectivity index (χ1v) is 11.5. The number of likely N-dealkylation sites (tertiary alicyclic amines) is 1. The zero-order chi connectivity index (χ0) is 25.5. The molecule has 10 heteroatoms. The Labute approximate surface area is 209 Å². The number of ether oxygens (including phenoxy) is 3. The highest BCUT2D eigenvalue weighted by atomic mass is 16.6. The summed E-state index contributed by atoms with van der Waals surface area (Å²) in [6.07, 6.45) is 1.48. The van der Waals surface area contributed by atoms with Gasteiger partial charge < -0.3 is 29.1 Å². The van der Waals surface area contributed by atoms with Crippen LogP contribution in [0.2, 0.25) is 0 Å². The van der Waals surface area contributed by atoms with Gasteiger partial charge in [0, 0.05) is 37.1 Å². The van der Waals surface area contributed by atoms with E-state index < -0.39 is 6.09 Å². The molecule has 0 unspecified atom stereocenters. The number of rotatable bonds is 8. The van der Waals surface area contributed by atoms with Crippen molar-refractivity contribution < 1.29 is 28.9 Å². The number of hydrogen-bond donors (Lipinski definition) is 1. The van der Waals surface area contributed by atoms with Crippen LogP contribution in [-0.2, 0) is 0 Å². The highest BCUT2D eigenvalue weighted by Crippen LogP contribution is 2.26. The topological polar surface area (TPSA) is 116 Å². The third-order valence-corrected chi connectivity index (χ3v) is 5.93. The standard InChI is InChI=1S/C26H28N4O6/c1-17-24(35-22-12-14-30(15-13-22)26(31)32)27-16-28-25(17)36-29-23(18-4-8-20(33-2)9-5-18)19-6-10-21(34-3)11-7-19/h4-11,16,22H,12-15H2,1-3H3,(H,31,32). The Morgan fingerprint density at radius 1 is 0.917 bits per heavy atom. The zero-order valence-corrected chi connectivity index (χ0v) is 20.4. The molecule has 3 aromatic rings. The van der Waals surface area contributed by atoms with E-state index in [2.05, 4.69) is 15.1 Å². The largest absolute Gasteiger partial charge is 0.497 e. The number of piperidine rings is 1. The molecule has 1 fully saturated rings. The van der Waals surface area contributed by atoms with E-state index in [1.54, 1.807) is 21.1 Å². The number of carboxylic acid groups (broad SMARTS) is 1. The Bertz CT molecular complexity index is 1160. The number of carbonyl (C=O) groups is 1. The number of aromatic nitrogens is 2. The van der Waals surface area contributed by atoms with E-state index in [0.717, 1.165) is 22.6 Å². The normalized spacial score (nSPS) is 13.6. The van der Waals surface area contributed by atoms with Gasteiger partial charge in [0.2, 0.25) is 5.88 Å². The number of benzene rings is 2. The van der Waals surface area contributed by atoms with Gasteiger partial charge in [0.15, 0.2) is 0 Å². The molecule has 1 aromatic heterocycles. The maximum absolute atomic E-state index is 11.1. The van der Waals surface area contributed by atoms with Crippen LogP contribution in [-0.4, -0.2) is 65.2 Å². The summed E-state index contributed by atoms with van der Waals surface area (Å²) in [4.78, 5) is 26.8. The average Bonchev–Trinajstić information content (AvgIpc) is 2.91. The van der Waals surface area contributed by atoms with Crippen LogP contribution in [0.4, 0.5) is 4.79 Å². The highest BCUT2D eigenvalue weighted by Gasteiger charge is 2.25. The third-order valence-electron chi connectivity index (χ3n) is 5.93. The van der Waals surface area contributed by atoms with Gasteiger partial charge >= 0.3 is 6.09 Å². The SMILES string of the molecule is COc1ccc(C(=NOc2ncnc(OC3CCN(C(=O)O)CC3)c2C)c2ccc(OC)cc2)cc1. The Kier molecular flexibility index (Phi) is 7.84. The summed E-state index contributed by atoms with van der Waals surface area (Å²) >= 11 is 0. The number of nitrogens with zero attached hydrogens (tertiary/aromatic N) is 4. The number of methoxy groups -OCH3 is 2. The first-order valence-electron chi connectivity index (χ1n) is 11.5. The van der Waals surface area contributed by atoms with Crippen LogP contribution in [0.5, 0.6) is 23.3 Å². The third kappa shape index (κ3) is 5.83. The van der Waals surface area contributed by atoms with Crippen LogP contribution >= 0.6 is 0 Å². The fourth-order valence-corrected chi connectivity index (χ4v) is 3.81. The Morgan fingerprint density at radius 2 is 1.44 bits per heavy atom. The highest BCUT2D eigenvalue weighted by molar-refractivity contribution is 6.12. The molecule has 1 N–H and O–H groups in total. The maximum Gasteiger partial charge on any atom is 0.407 e. The molecule has 1 aliphatic heterocycles. The molecule has 188 valence electrons. The van der Waals surface area contributed by atoms with Crippen molar-refractivity contribution in [2.45, 2.75) is 25.9 Å². The van der Waals surface area contributed by atoms with Crippen molar-refractivity contribution in [1.82, 2.24) is 14.9 Å². The molecule has 0 spiro atoms. The summed E-state index contributed by atoms with van der Waals surface area (Å²) < 4.78 is 16.6. The lowest BCUT2D eigenvalue weighted by Gasteiger charge is -2.30. The van der Waals surface area contributed by atoms with Crippen molar-refractivity contribution in [3.8, 4) is 23.3 Å². The number of oxime groups is 1. The summed E-state index contributed by atoms with van der Waals surface area (Å²) in [5.74, 6) is 2.12. The molecular formula is C26H28N4O6. The Balaban J connectivity index is 1.56. The van der Waals surface area contributed by atoms with Gasteiger partial charge in [-0.05, 0) is 55.5 Å². The first-order chi connectivity index (χ1) is 17.5. The van der Waals surface area contributed by atoms with Crippen molar-refractivity contribution >= 4 is 11.8 Å². The van der Waals surface area contributed by atoms with Crippen LogP contribution in [0.3, 0.4) is 0 Å². The van der Waals surface area contributed by atoms with Crippen LogP contribution in [0.15, 0.2) is 60.0 Å². The molecule has 0 aliphatic carbocycles. The van der Waals surface area contributed by atoms with Crippen LogP contribution in [0, 0.1) is 6.92 Å². The molecule has 0 bridgehead atoms. The van der Waals surface area contributed by atoms with E-state index in [1.165, 1.54) is 11.2 Å². The van der Waals surface area contributed by atoms with E-state index in [-0.39, 0.29) is 12.0 Å². The van der Waals surface area contributed by atoms with Crippen LogP contribution in [0.1, 0.15) is 29.5 Å². The van der Waals surface area contributed by atoms with Crippen molar-refractivity contribution in [2.75, 3.05) is 27.3 Å². The van der Waals surface area contributed by atoms with E-state index >= 15 is 0 Å². The Hall–Kier alpha value is -4.34. The lowest BCUT2D eigenvalue weighted by atomic mass is 10.0. The Morgan fingerprint density at radius 3 is 1.94 bits per heavy atom. The number of amides is 1. The molecule has 1 amide bonds. The second kappa shape index (κ2) is 11.4. The van der Waals surface area contributed by atoms with Crippen LogP contribution in [0.25, 0.3) is 0 Å². The molecule has 1 saturated heterocycles. The smallest absolute Gasteiger partial charge is 0.407 e. The van der Waals surface area contributed by atoms with E-state index in [9.17, 15) is 4.79 Å². The van der Waals surface area contributed by atoms with Gasteiger partial charge in [-0.1, -0.05) is 5.16 Å². The van der Waals surface area contributed by atoms with Gasteiger partial charge in [-0.2, -0.15) is 4.98 Å². The first kappa shape index (κ1) is 24.8. The summed E-state index contributed by atoms with van der Waals surface area (Å²) in [6, 6.07) is 15.0. The predicted octanol–water partition coefficient (Wildman–Crippen LogP) is 4.15. The summed E-state index contributed by atoms with van der Waals surface area (Å²) in [5.41, 5.74) is 2.86. The summed E-state index contributed by atoms with van der Waals surface area (Å²) in [7, 11) is 3.23. The molecule has 10 nitrogen and oxygen atoms in total. The predicted molar refractivity (Wildman–Crippen MR) is 132 cm³/mol. The zero-order valence-electron chi connectivity index (χ0n) is 20.4. The van der Waals surface area contributed by atoms with Crippen molar-refractivity contribution in [3.63, 3.8) is 0 Å². The minimum absolute atomic E-state index is 0.139. The van der Waals surface area contributed by atoms with Crippen molar-refractivity contribution in [1.29, 1.82) is 0 Å². The number of hydrogen-bond acceptors (Lipinski definition) is 8. The lowest BCUT2D eigenvalue weighted by molar-refractivity contribution is 0.0863. The van der Waals surface area contributed by atoms with Gasteiger partial charge in [-0.15, -0.1) is 0 Å². The van der Waals surface area contributed by atoms with Crippen molar-refractivity contribution in [3.05, 3.63) is 71.5 Å². The fraction of sp³-hybridized carbons (Fsp3) is 0.308. The molecular weight excluding hydrogens is 464 g/mol. The van der Waals surface area contributed by atoms with Crippen LogP contribution < -0.4 is 19.0 Å². The maximum atomic E-state index is 11.1. The lowest BCUT2D eigenvalue weighted by Crippen LogP contribution is -2.41.